The predicted molar refractivity (Wildman–Crippen MR) is 47.5 cm³/mol. The van der Waals surface area contributed by atoms with Gasteiger partial charge in [0.15, 0.2) is 5.17 Å². The molecule has 0 aromatic rings. The van der Waals surface area contributed by atoms with Gasteiger partial charge in [0.25, 0.3) is 5.91 Å². The molecular weight excluding hydrogens is 160 g/mol. The zero-order valence-electron chi connectivity index (χ0n) is 6.54. The molecule has 0 unspecified atom stereocenters. The molecule has 1 aliphatic rings. The van der Waals surface area contributed by atoms with Crippen molar-refractivity contribution in [2.45, 2.75) is 31.4 Å². The first-order valence-corrected chi connectivity index (χ1v) is 4.66. The summed E-state index contributed by atoms with van der Waals surface area (Å²) in [6.45, 7) is 2.11. The topological polar surface area (TPSA) is 55.4 Å². The van der Waals surface area contributed by atoms with E-state index in [0.717, 1.165) is 19.3 Å². The first kappa shape index (κ1) is 8.59. The molecule has 0 aromatic heterocycles. The van der Waals surface area contributed by atoms with Crippen molar-refractivity contribution in [2.75, 3.05) is 0 Å². The maximum Gasteiger partial charge on any atom is 0.261 e. The molecule has 1 heterocycles. The number of carbonyl (C=O) groups excluding carboxylic acids is 1. The molecule has 4 heteroatoms. The van der Waals surface area contributed by atoms with E-state index in [4.69, 9.17) is 5.73 Å². The van der Waals surface area contributed by atoms with Gasteiger partial charge in [-0.3, -0.25) is 4.79 Å². The molecule has 0 saturated carbocycles. The van der Waals surface area contributed by atoms with Crippen molar-refractivity contribution in [3.8, 4) is 0 Å². The SMILES string of the molecule is CCCC[C@H]1SC(N)=NC1=O. The Balaban J connectivity index is 2.34. The zero-order chi connectivity index (χ0) is 8.27. The monoisotopic (exact) mass is 172 g/mol. The summed E-state index contributed by atoms with van der Waals surface area (Å²) in [5, 5.41) is 0.436. The van der Waals surface area contributed by atoms with Gasteiger partial charge in [-0.15, -0.1) is 0 Å². The van der Waals surface area contributed by atoms with Gasteiger partial charge in [-0.2, -0.15) is 4.99 Å². The largest absolute Gasteiger partial charge is 0.378 e. The number of thioether (sulfide) groups is 1. The van der Waals surface area contributed by atoms with Crippen LogP contribution in [0.2, 0.25) is 0 Å². The van der Waals surface area contributed by atoms with Crippen molar-refractivity contribution in [3.63, 3.8) is 0 Å². The van der Waals surface area contributed by atoms with E-state index in [2.05, 4.69) is 11.9 Å². The summed E-state index contributed by atoms with van der Waals surface area (Å²) in [6.07, 6.45) is 3.10. The number of hydrogen-bond acceptors (Lipinski definition) is 3. The highest BCUT2D eigenvalue weighted by molar-refractivity contribution is 8.15. The lowest BCUT2D eigenvalue weighted by Crippen LogP contribution is -2.10. The van der Waals surface area contributed by atoms with Crippen LogP contribution < -0.4 is 5.73 Å². The van der Waals surface area contributed by atoms with Crippen LogP contribution in [0, 0.1) is 0 Å². The second-order valence-corrected chi connectivity index (χ2v) is 3.76. The third-order valence-electron chi connectivity index (χ3n) is 1.58. The van der Waals surface area contributed by atoms with E-state index in [-0.39, 0.29) is 11.2 Å². The third kappa shape index (κ3) is 2.22. The third-order valence-corrected chi connectivity index (χ3v) is 2.63. The van der Waals surface area contributed by atoms with Gasteiger partial charge in [0, 0.05) is 0 Å². The lowest BCUT2D eigenvalue weighted by molar-refractivity contribution is -0.117. The molecule has 0 radical (unpaired) electrons. The molecule has 1 amide bonds. The standard InChI is InChI=1S/C7H12N2OS/c1-2-3-4-5-6(10)9-7(8)11-5/h5H,2-4H2,1H3,(H2,8,9,10)/t5-/m1/s1. The summed E-state index contributed by atoms with van der Waals surface area (Å²) in [6, 6.07) is 0. The molecule has 0 bridgehead atoms. The van der Waals surface area contributed by atoms with Gasteiger partial charge in [-0.1, -0.05) is 31.5 Å². The molecule has 0 fully saturated rings. The maximum absolute atomic E-state index is 11.0. The molecular formula is C7H12N2OS. The quantitative estimate of drug-likeness (QED) is 0.694. The van der Waals surface area contributed by atoms with E-state index in [1.807, 2.05) is 0 Å². The van der Waals surface area contributed by atoms with Gasteiger partial charge < -0.3 is 5.73 Å². The Labute approximate surface area is 70.4 Å². The summed E-state index contributed by atoms with van der Waals surface area (Å²) < 4.78 is 0. The summed E-state index contributed by atoms with van der Waals surface area (Å²) in [7, 11) is 0. The number of amidine groups is 1. The molecule has 1 aliphatic heterocycles. The molecule has 0 aromatic carbocycles. The smallest absolute Gasteiger partial charge is 0.261 e. The molecule has 1 rings (SSSR count). The average molecular weight is 172 g/mol. The molecule has 2 N–H and O–H groups in total. The van der Waals surface area contributed by atoms with Crippen LogP contribution in [0.1, 0.15) is 26.2 Å². The van der Waals surface area contributed by atoms with Crippen LogP contribution in [0.4, 0.5) is 0 Å². The number of nitrogens with two attached hydrogens (primary N) is 1. The highest BCUT2D eigenvalue weighted by Crippen LogP contribution is 2.24. The lowest BCUT2D eigenvalue weighted by atomic mass is 10.2. The van der Waals surface area contributed by atoms with Crippen LogP contribution in [0.25, 0.3) is 0 Å². The number of rotatable bonds is 3. The second kappa shape index (κ2) is 3.76. The van der Waals surface area contributed by atoms with Crippen molar-refractivity contribution >= 4 is 22.8 Å². The lowest BCUT2D eigenvalue weighted by Gasteiger charge is -2.02. The summed E-state index contributed by atoms with van der Waals surface area (Å²) in [5.41, 5.74) is 5.38. The van der Waals surface area contributed by atoms with Crippen molar-refractivity contribution in [1.82, 2.24) is 0 Å². The molecule has 62 valence electrons. The van der Waals surface area contributed by atoms with Crippen molar-refractivity contribution in [2.24, 2.45) is 10.7 Å². The predicted octanol–water partition coefficient (Wildman–Crippen LogP) is 1.13. The average Bonchev–Trinajstić information content (AvgIpc) is 2.26. The maximum atomic E-state index is 11.0. The minimum absolute atomic E-state index is 0.00921. The van der Waals surface area contributed by atoms with Gasteiger partial charge in [-0.25, -0.2) is 0 Å². The number of amides is 1. The Bertz CT molecular complexity index is 191. The van der Waals surface area contributed by atoms with E-state index in [1.54, 1.807) is 0 Å². The normalized spacial score (nSPS) is 23.9. The van der Waals surface area contributed by atoms with Crippen LogP contribution in [0.15, 0.2) is 4.99 Å². The Hall–Kier alpha value is -0.510. The van der Waals surface area contributed by atoms with Gasteiger partial charge in [0.2, 0.25) is 0 Å². The first-order chi connectivity index (χ1) is 5.24. The molecule has 0 aliphatic carbocycles. The molecule has 11 heavy (non-hydrogen) atoms. The van der Waals surface area contributed by atoms with Crippen molar-refractivity contribution in [1.29, 1.82) is 0 Å². The van der Waals surface area contributed by atoms with Crippen LogP contribution in [0.5, 0.6) is 0 Å². The van der Waals surface area contributed by atoms with Crippen molar-refractivity contribution < 1.29 is 4.79 Å². The zero-order valence-corrected chi connectivity index (χ0v) is 7.36. The van der Waals surface area contributed by atoms with E-state index < -0.39 is 0 Å². The fraction of sp³-hybridized carbons (Fsp3) is 0.714. The number of aliphatic imine (C=N–C) groups is 1. The van der Waals surface area contributed by atoms with E-state index >= 15 is 0 Å². The first-order valence-electron chi connectivity index (χ1n) is 3.78. The van der Waals surface area contributed by atoms with Crippen molar-refractivity contribution in [3.05, 3.63) is 0 Å². The van der Waals surface area contributed by atoms with E-state index in [0.29, 0.717) is 5.17 Å². The van der Waals surface area contributed by atoms with Gasteiger partial charge in [0.1, 0.15) is 0 Å². The molecule has 0 spiro atoms. The summed E-state index contributed by atoms with van der Waals surface area (Å²) in [5.74, 6) is -0.0547. The highest BCUT2D eigenvalue weighted by atomic mass is 32.2. The van der Waals surface area contributed by atoms with E-state index in [9.17, 15) is 4.79 Å². The highest BCUT2D eigenvalue weighted by Gasteiger charge is 2.25. The number of hydrogen-bond donors (Lipinski definition) is 1. The fourth-order valence-corrected chi connectivity index (χ4v) is 1.85. The van der Waals surface area contributed by atoms with Gasteiger partial charge in [-0.05, 0) is 6.42 Å². The minimum Gasteiger partial charge on any atom is -0.378 e. The number of carbonyl (C=O) groups is 1. The second-order valence-electron chi connectivity index (χ2n) is 2.54. The number of unbranched alkanes of at least 4 members (excludes halogenated alkanes) is 1. The Morgan fingerprint density at radius 3 is 2.91 bits per heavy atom. The fourth-order valence-electron chi connectivity index (χ4n) is 0.975. The summed E-state index contributed by atoms with van der Waals surface area (Å²) >= 11 is 1.39. The minimum atomic E-state index is -0.0547. The Morgan fingerprint density at radius 2 is 2.45 bits per heavy atom. The van der Waals surface area contributed by atoms with Crippen LogP contribution in [0.3, 0.4) is 0 Å². The molecule has 3 nitrogen and oxygen atoms in total. The van der Waals surface area contributed by atoms with Gasteiger partial charge in [0.05, 0.1) is 5.25 Å². The van der Waals surface area contributed by atoms with Gasteiger partial charge >= 0.3 is 0 Å². The Morgan fingerprint density at radius 1 is 1.73 bits per heavy atom. The van der Waals surface area contributed by atoms with Crippen LogP contribution in [-0.2, 0) is 4.79 Å². The summed E-state index contributed by atoms with van der Waals surface area (Å²) in [4.78, 5) is 14.6. The number of nitrogens with zero attached hydrogens (tertiary/aromatic N) is 1. The molecule has 1 atom stereocenters. The molecule has 0 saturated heterocycles. The Kier molecular flexibility index (Phi) is 2.93. The van der Waals surface area contributed by atoms with E-state index in [1.165, 1.54) is 11.8 Å². The van der Waals surface area contributed by atoms with Crippen LogP contribution >= 0.6 is 11.8 Å². The van der Waals surface area contributed by atoms with Crippen LogP contribution in [-0.4, -0.2) is 16.3 Å².